The number of rotatable bonds is 7. The van der Waals surface area contributed by atoms with Crippen molar-refractivity contribution >= 4 is 5.69 Å². The van der Waals surface area contributed by atoms with Crippen molar-refractivity contribution in [3.8, 4) is 0 Å². The Balaban J connectivity index is 2.47. The third-order valence-electron chi connectivity index (χ3n) is 3.00. The second kappa shape index (κ2) is 7.25. The van der Waals surface area contributed by atoms with Gasteiger partial charge in [-0.2, -0.15) is 0 Å². The van der Waals surface area contributed by atoms with Crippen LogP contribution in [0.2, 0.25) is 0 Å². The topological polar surface area (TPSA) is 12.0 Å². The van der Waals surface area contributed by atoms with E-state index in [0.29, 0.717) is 11.6 Å². The summed E-state index contributed by atoms with van der Waals surface area (Å²) < 4.78 is 25.9. The Bertz CT molecular complexity index is 319. The number of hydrogen-bond acceptors (Lipinski definition) is 1. The lowest BCUT2D eigenvalue weighted by atomic mass is 9.99. The van der Waals surface area contributed by atoms with Crippen LogP contribution in [0.5, 0.6) is 0 Å². The molecule has 0 aromatic heterocycles. The van der Waals surface area contributed by atoms with Gasteiger partial charge in [0.05, 0.1) is 0 Å². The van der Waals surface area contributed by atoms with E-state index in [-0.39, 0.29) is 0 Å². The van der Waals surface area contributed by atoms with Crippen molar-refractivity contribution < 1.29 is 8.78 Å². The van der Waals surface area contributed by atoms with Crippen LogP contribution in [0.1, 0.15) is 39.5 Å². The molecule has 0 saturated carbocycles. The maximum Gasteiger partial charge on any atom is 0.128 e. The molecule has 17 heavy (non-hydrogen) atoms. The Hall–Kier alpha value is -1.12. The summed E-state index contributed by atoms with van der Waals surface area (Å²) in [5.41, 5.74) is 0.525. The van der Waals surface area contributed by atoms with E-state index in [1.165, 1.54) is 25.0 Å². The van der Waals surface area contributed by atoms with E-state index in [9.17, 15) is 8.78 Å². The molecule has 1 aromatic carbocycles. The molecule has 0 aliphatic rings. The highest BCUT2D eigenvalue weighted by Gasteiger charge is 2.06. The number of anilines is 1. The van der Waals surface area contributed by atoms with Gasteiger partial charge in [-0.05, 0) is 24.5 Å². The minimum atomic E-state index is -0.533. The minimum Gasteiger partial charge on any atom is -0.385 e. The molecule has 0 amide bonds. The zero-order valence-corrected chi connectivity index (χ0v) is 10.6. The third-order valence-corrected chi connectivity index (χ3v) is 3.00. The fourth-order valence-electron chi connectivity index (χ4n) is 1.86. The first-order chi connectivity index (χ1) is 8.15. The molecule has 0 aliphatic heterocycles. The van der Waals surface area contributed by atoms with Crippen LogP contribution in [0.25, 0.3) is 0 Å². The lowest BCUT2D eigenvalue weighted by Crippen LogP contribution is -2.13. The van der Waals surface area contributed by atoms with Gasteiger partial charge in [-0.3, -0.25) is 0 Å². The zero-order valence-electron chi connectivity index (χ0n) is 10.6. The van der Waals surface area contributed by atoms with Crippen LogP contribution in [-0.4, -0.2) is 6.54 Å². The summed E-state index contributed by atoms with van der Waals surface area (Å²) in [6.45, 7) is 5.09. The van der Waals surface area contributed by atoms with E-state index in [1.807, 2.05) is 0 Å². The number of unbranched alkanes of at least 4 members (excludes halogenated alkanes) is 1. The summed E-state index contributed by atoms with van der Waals surface area (Å²) in [7, 11) is 0. The van der Waals surface area contributed by atoms with Gasteiger partial charge in [0.2, 0.25) is 0 Å². The SMILES string of the molecule is CCCCC(CC)CNc1cc(F)cc(F)c1. The molecule has 1 N–H and O–H groups in total. The predicted molar refractivity (Wildman–Crippen MR) is 68.2 cm³/mol. The van der Waals surface area contributed by atoms with E-state index in [0.717, 1.165) is 25.5 Å². The van der Waals surface area contributed by atoms with Crippen LogP contribution >= 0.6 is 0 Å². The van der Waals surface area contributed by atoms with Gasteiger partial charge in [0, 0.05) is 18.3 Å². The Morgan fingerprint density at radius 2 is 1.76 bits per heavy atom. The van der Waals surface area contributed by atoms with Crippen LogP contribution < -0.4 is 5.32 Å². The Morgan fingerprint density at radius 3 is 2.29 bits per heavy atom. The molecule has 1 atom stereocenters. The van der Waals surface area contributed by atoms with E-state index < -0.39 is 11.6 Å². The van der Waals surface area contributed by atoms with Crippen LogP contribution in [0.15, 0.2) is 18.2 Å². The quantitative estimate of drug-likeness (QED) is 0.736. The molecule has 0 fully saturated rings. The first-order valence-corrected chi connectivity index (χ1v) is 6.35. The lowest BCUT2D eigenvalue weighted by molar-refractivity contribution is 0.472. The number of halogens is 2. The van der Waals surface area contributed by atoms with Crippen molar-refractivity contribution in [2.24, 2.45) is 5.92 Å². The smallest absolute Gasteiger partial charge is 0.128 e. The summed E-state index contributed by atoms with van der Waals surface area (Å²) in [4.78, 5) is 0. The minimum absolute atomic E-state index is 0.525. The largest absolute Gasteiger partial charge is 0.385 e. The molecule has 1 unspecified atom stereocenters. The van der Waals surface area contributed by atoms with Gasteiger partial charge in [-0.25, -0.2) is 8.78 Å². The molecule has 96 valence electrons. The van der Waals surface area contributed by atoms with Crippen molar-refractivity contribution in [3.05, 3.63) is 29.8 Å². The van der Waals surface area contributed by atoms with Gasteiger partial charge < -0.3 is 5.32 Å². The van der Waals surface area contributed by atoms with Gasteiger partial charge in [0.25, 0.3) is 0 Å². The fourth-order valence-corrected chi connectivity index (χ4v) is 1.86. The fraction of sp³-hybridized carbons (Fsp3) is 0.571. The molecule has 3 heteroatoms. The highest BCUT2D eigenvalue weighted by molar-refractivity contribution is 5.43. The Kier molecular flexibility index (Phi) is 5.95. The van der Waals surface area contributed by atoms with Gasteiger partial charge in [-0.15, -0.1) is 0 Å². The lowest BCUT2D eigenvalue weighted by Gasteiger charge is -2.16. The average molecular weight is 241 g/mol. The van der Waals surface area contributed by atoms with Crippen molar-refractivity contribution in [2.45, 2.75) is 39.5 Å². The highest BCUT2D eigenvalue weighted by atomic mass is 19.1. The van der Waals surface area contributed by atoms with Crippen LogP contribution in [0.3, 0.4) is 0 Å². The summed E-state index contributed by atoms with van der Waals surface area (Å²) >= 11 is 0. The first kappa shape index (κ1) is 13.9. The molecule has 0 saturated heterocycles. The molecular weight excluding hydrogens is 220 g/mol. The second-order valence-electron chi connectivity index (χ2n) is 4.46. The molecule has 1 aromatic rings. The van der Waals surface area contributed by atoms with Crippen LogP contribution in [0.4, 0.5) is 14.5 Å². The van der Waals surface area contributed by atoms with Crippen LogP contribution in [-0.2, 0) is 0 Å². The molecular formula is C14H21F2N. The predicted octanol–water partition coefficient (Wildman–Crippen LogP) is 4.59. The Morgan fingerprint density at radius 1 is 1.12 bits per heavy atom. The normalized spacial score (nSPS) is 12.5. The molecule has 0 spiro atoms. The summed E-state index contributed by atoms with van der Waals surface area (Å²) in [5, 5.41) is 3.11. The van der Waals surface area contributed by atoms with Crippen molar-refractivity contribution in [3.63, 3.8) is 0 Å². The van der Waals surface area contributed by atoms with E-state index in [2.05, 4.69) is 19.2 Å². The van der Waals surface area contributed by atoms with Gasteiger partial charge >= 0.3 is 0 Å². The summed E-state index contributed by atoms with van der Waals surface area (Å²) in [6, 6.07) is 3.55. The zero-order chi connectivity index (χ0) is 12.7. The molecule has 0 aliphatic carbocycles. The van der Waals surface area contributed by atoms with Crippen molar-refractivity contribution in [1.82, 2.24) is 0 Å². The average Bonchev–Trinajstić information content (AvgIpc) is 2.28. The van der Waals surface area contributed by atoms with Crippen molar-refractivity contribution in [1.29, 1.82) is 0 Å². The second-order valence-corrected chi connectivity index (χ2v) is 4.46. The van der Waals surface area contributed by atoms with Gasteiger partial charge in [-0.1, -0.05) is 33.1 Å². The third kappa shape index (κ3) is 5.16. The number of hydrogen-bond donors (Lipinski definition) is 1. The monoisotopic (exact) mass is 241 g/mol. The number of nitrogens with one attached hydrogen (secondary N) is 1. The molecule has 1 nitrogen and oxygen atoms in total. The first-order valence-electron chi connectivity index (χ1n) is 6.35. The van der Waals surface area contributed by atoms with Crippen molar-refractivity contribution in [2.75, 3.05) is 11.9 Å². The summed E-state index contributed by atoms with van der Waals surface area (Å²) in [5.74, 6) is -0.496. The van der Waals surface area contributed by atoms with Gasteiger partial charge in [0.1, 0.15) is 11.6 Å². The van der Waals surface area contributed by atoms with E-state index in [1.54, 1.807) is 0 Å². The maximum absolute atomic E-state index is 13.0. The molecule has 0 heterocycles. The maximum atomic E-state index is 13.0. The van der Waals surface area contributed by atoms with Crippen LogP contribution in [0, 0.1) is 17.6 Å². The molecule has 0 radical (unpaired) electrons. The van der Waals surface area contributed by atoms with E-state index in [4.69, 9.17) is 0 Å². The summed E-state index contributed by atoms with van der Waals surface area (Å²) in [6.07, 6.45) is 4.64. The highest BCUT2D eigenvalue weighted by Crippen LogP contribution is 2.16. The Labute approximate surface area is 102 Å². The van der Waals surface area contributed by atoms with Gasteiger partial charge in [0.15, 0.2) is 0 Å². The number of benzene rings is 1. The standard InChI is InChI=1S/C14H21F2N/c1-3-5-6-11(4-2)10-17-14-8-12(15)7-13(16)9-14/h7-9,11,17H,3-6,10H2,1-2H3. The van der Waals surface area contributed by atoms with E-state index >= 15 is 0 Å². The molecule has 1 rings (SSSR count). The molecule has 0 bridgehead atoms.